The molecule has 0 bridgehead atoms. The minimum absolute atomic E-state index is 0.0422. The Bertz CT molecular complexity index is 954. The van der Waals surface area contributed by atoms with Gasteiger partial charge in [-0.05, 0) is 68.3 Å². The van der Waals surface area contributed by atoms with Crippen molar-refractivity contribution in [3.05, 3.63) is 71.3 Å². The second-order valence-corrected chi connectivity index (χ2v) is 7.57. The second kappa shape index (κ2) is 5.60. The smallest absolute Gasteiger partial charge is 0.211 e. The third kappa shape index (κ3) is 2.23. The topological polar surface area (TPSA) is 29.5 Å². The lowest BCUT2D eigenvalue weighted by Gasteiger charge is -2.45. The molecule has 3 nitrogen and oxygen atoms in total. The van der Waals surface area contributed by atoms with E-state index in [1.165, 1.54) is 11.3 Å². The standard InChI is InChI=1S/C23H23NO2/c1-16(25)9-10-17-11-12-21-18(15-17)13-14-23(26-21)22(2,3)19-7-5-6-8-20(19)24(23)4/h5-15H,1-4H3/b10-9+. The molecule has 0 N–H and O–H groups in total. The van der Waals surface area contributed by atoms with Crippen molar-refractivity contribution in [2.75, 3.05) is 11.9 Å². The molecule has 2 aliphatic heterocycles. The van der Waals surface area contributed by atoms with E-state index in [0.29, 0.717) is 0 Å². The van der Waals surface area contributed by atoms with E-state index in [4.69, 9.17) is 4.74 Å². The van der Waals surface area contributed by atoms with Crippen LogP contribution in [0.5, 0.6) is 5.75 Å². The van der Waals surface area contributed by atoms with Gasteiger partial charge in [-0.3, -0.25) is 4.79 Å². The highest BCUT2D eigenvalue weighted by Gasteiger charge is 2.57. The van der Waals surface area contributed by atoms with Gasteiger partial charge in [-0.25, -0.2) is 0 Å². The number of carbonyl (C=O) groups is 1. The summed E-state index contributed by atoms with van der Waals surface area (Å²) < 4.78 is 6.62. The number of nitrogens with zero attached hydrogens (tertiary/aromatic N) is 1. The summed E-state index contributed by atoms with van der Waals surface area (Å²) in [6.07, 6.45) is 7.71. The summed E-state index contributed by atoms with van der Waals surface area (Å²) in [6.45, 7) is 6.01. The van der Waals surface area contributed by atoms with Gasteiger partial charge in [-0.15, -0.1) is 0 Å². The SMILES string of the molecule is CC(=O)/C=C/c1ccc2c(c1)C=CC1(O2)N(C)c2ccccc2C1(C)C. The average molecular weight is 345 g/mol. The third-order valence-electron chi connectivity index (χ3n) is 5.63. The van der Waals surface area contributed by atoms with Gasteiger partial charge in [0.05, 0.1) is 5.41 Å². The summed E-state index contributed by atoms with van der Waals surface area (Å²) in [4.78, 5) is 13.4. The highest BCUT2D eigenvalue weighted by atomic mass is 16.5. The fraction of sp³-hybridized carbons (Fsp3) is 0.261. The summed E-state index contributed by atoms with van der Waals surface area (Å²) in [5, 5.41) is 0. The zero-order valence-electron chi connectivity index (χ0n) is 15.6. The number of para-hydroxylation sites is 1. The first-order valence-electron chi connectivity index (χ1n) is 8.89. The summed E-state index contributed by atoms with van der Waals surface area (Å²) in [6, 6.07) is 14.5. The lowest BCUT2D eigenvalue weighted by Crippen LogP contribution is -2.58. The molecule has 1 atom stereocenters. The number of rotatable bonds is 2. The number of carbonyl (C=O) groups excluding carboxylic acids is 1. The molecule has 0 aliphatic carbocycles. The van der Waals surface area contributed by atoms with E-state index >= 15 is 0 Å². The Morgan fingerprint density at radius 2 is 1.92 bits per heavy atom. The number of ether oxygens (including phenoxy) is 1. The number of allylic oxidation sites excluding steroid dienone is 1. The van der Waals surface area contributed by atoms with Gasteiger partial charge in [0.15, 0.2) is 5.78 Å². The maximum atomic E-state index is 11.2. The molecule has 0 radical (unpaired) electrons. The van der Waals surface area contributed by atoms with Crippen molar-refractivity contribution in [2.45, 2.75) is 31.9 Å². The predicted molar refractivity (Wildman–Crippen MR) is 106 cm³/mol. The van der Waals surface area contributed by atoms with Crippen LogP contribution in [-0.4, -0.2) is 18.6 Å². The van der Waals surface area contributed by atoms with Crippen molar-refractivity contribution < 1.29 is 9.53 Å². The number of hydrogen-bond acceptors (Lipinski definition) is 3. The van der Waals surface area contributed by atoms with Gasteiger partial charge in [0.1, 0.15) is 5.75 Å². The molecule has 1 unspecified atom stereocenters. The lowest BCUT2D eigenvalue weighted by atomic mass is 9.76. The summed E-state index contributed by atoms with van der Waals surface area (Å²) in [7, 11) is 2.09. The van der Waals surface area contributed by atoms with E-state index < -0.39 is 5.72 Å². The Labute approximate surface area is 154 Å². The highest BCUT2D eigenvalue weighted by molar-refractivity contribution is 5.91. The number of fused-ring (bicyclic) bond motifs is 2. The first kappa shape index (κ1) is 16.6. The second-order valence-electron chi connectivity index (χ2n) is 7.57. The minimum Gasteiger partial charge on any atom is -0.463 e. The van der Waals surface area contributed by atoms with E-state index in [0.717, 1.165) is 16.9 Å². The molecule has 1 spiro atoms. The number of ketones is 1. The predicted octanol–water partition coefficient (Wildman–Crippen LogP) is 4.82. The van der Waals surface area contributed by atoms with Crippen LogP contribution >= 0.6 is 0 Å². The molecule has 0 saturated heterocycles. The molecular formula is C23H23NO2. The Balaban J connectivity index is 1.76. The Morgan fingerprint density at radius 3 is 2.65 bits per heavy atom. The van der Waals surface area contributed by atoms with Gasteiger partial charge >= 0.3 is 0 Å². The molecule has 0 fully saturated rings. The van der Waals surface area contributed by atoms with Crippen molar-refractivity contribution in [2.24, 2.45) is 0 Å². The zero-order valence-corrected chi connectivity index (χ0v) is 15.6. The highest BCUT2D eigenvalue weighted by Crippen LogP contribution is 2.54. The van der Waals surface area contributed by atoms with Gasteiger partial charge < -0.3 is 9.64 Å². The van der Waals surface area contributed by atoms with Crippen LogP contribution in [0.4, 0.5) is 5.69 Å². The van der Waals surface area contributed by atoms with E-state index in [1.54, 1.807) is 13.0 Å². The molecule has 2 heterocycles. The first-order valence-corrected chi connectivity index (χ1v) is 8.89. The quantitative estimate of drug-likeness (QED) is 0.731. The molecule has 2 aliphatic rings. The molecule has 2 aromatic rings. The van der Waals surface area contributed by atoms with Gasteiger partial charge in [0, 0.05) is 18.3 Å². The Hall–Kier alpha value is -2.81. The largest absolute Gasteiger partial charge is 0.463 e. The fourth-order valence-corrected chi connectivity index (χ4v) is 4.11. The van der Waals surface area contributed by atoms with E-state index in [-0.39, 0.29) is 11.2 Å². The molecule has 26 heavy (non-hydrogen) atoms. The van der Waals surface area contributed by atoms with Crippen LogP contribution in [0.15, 0.2) is 54.6 Å². The van der Waals surface area contributed by atoms with Gasteiger partial charge in [-0.1, -0.05) is 30.3 Å². The van der Waals surface area contributed by atoms with Crippen molar-refractivity contribution in [3.8, 4) is 5.75 Å². The normalized spacial score (nSPS) is 22.4. The van der Waals surface area contributed by atoms with Gasteiger partial charge in [0.2, 0.25) is 5.72 Å². The number of likely N-dealkylation sites (N-methyl/N-ethyl adjacent to an activating group) is 1. The Kier molecular flexibility index (Phi) is 3.58. The summed E-state index contributed by atoms with van der Waals surface area (Å²) in [5.41, 5.74) is 3.76. The van der Waals surface area contributed by atoms with Crippen LogP contribution in [0.1, 0.15) is 37.5 Å². The van der Waals surface area contributed by atoms with Crippen LogP contribution in [0.3, 0.4) is 0 Å². The zero-order chi connectivity index (χ0) is 18.5. The molecule has 132 valence electrons. The molecule has 2 aromatic carbocycles. The fourth-order valence-electron chi connectivity index (χ4n) is 4.11. The molecule has 4 rings (SSSR count). The van der Waals surface area contributed by atoms with Crippen LogP contribution in [0.2, 0.25) is 0 Å². The van der Waals surface area contributed by atoms with E-state index in [2.05, 4.69) is 62.2 Å². The van der Waals surface area contributed by atoms with Crippen LogP contribution in [-0.2, 0) is 10.2 Å². The molecule has 0 amide bonds. The maximum Gasteiger partial charge on any atom is 0.211 e. The van der Waals surface area contributed by atoms with Crippen LogP contribution < -0.4 is 9.64 Å². The van der Waals surface area contributed by atoms with Crippen molar-refractivity contribution >= 4 is 23.6 Å². The number of hydrogen-bond donors (Lipinski definition) is 0. The van der Waals surface area contributed by atoms with Crippen molar-refractivity contribution in [3.63, 3.8) is 0 Å². The monoisotopic (exact) mass is 345 g/mol. The lowest BCUT2D eigenvalue weighted by molar-refractivity contribution is -0.112. The third-order valence-corrected chi connectivity index (χ3v) is 5.63. The minimum atomic E-state index is -0.555. The molecule has 3 heteroatoms. The van der Waals surface area contributed by atoms with E-state index in [1.807, 2.05) is 24.3 Å². The summed E-state index contributed by atoms with van der Waals surface area (Å²) in [5.74, 6) is 0.903. The molecule has 0 saturated carbocycles. The van der Waals surface area contributed by atoms with Crippen molar-refractivity contribution in [1.82, 2.24) is 0 Å². The first-order chi connectivity index (χ1) is 12.3. The number of anilines is 1. The van der Waals surface area contributed by atoms with Crippen molar-refractivity contribution in [1.29, 1.82) is 0 Å². The van der Waals surface area contributed by atoms with Crippen LogP contribution in [0, 0.1) is 0 Å². The average Bonchev–Trinajstić information content (AvgIpc) is 2.79. The van der Waals surface area contributed by atoms with Gasteiger partial charge in [0.25, 0.3) is 0 Å². The maximum absolute atomic E-state index is 11.2. The van der Waals surface area contributed by atoms with Crippen LogP contribution in [0.25, 0.3) is 12.2 Å². The molecule has 0 aromatic heterocycles. The Morgan fingerprint density at radius 1 is 1.15 bits per heavy atom. The summed E-state index contributed by atoms with van der Waals surface area (Å²) >= 11 is 0. The molecular weight excluding hydrogens is 322 g/mol. The van der Waals surface area contributed by atoms with E-state index in [9.17, 15) is 4.79 Å². The van der Waals surface area contributed by atoms with Gasteiger partial charge in [-0.2, -0.15) is 0 Å². The number of benzene rings is 2.